The maximum atomic E-state index is 11.0. The van der Waals surface area contributed by atoms with Crippen LogP contribution in [0, 0.1) is 10.1 Å². The van der Waals surface area contributed by atoms with E-state index in [4.69, 9.17) is 11.6 Å². The molecule has 0 aliphatic heterocycles. The molecule has 19 heavy (non-hydrogen) atoms. The molecule has 0 radical (unpaired) electrons. The van der Waals surface area contributed by atoms with Crippen molar-refractivity contribution in [3.63, 3.8) is 0 Å². The van der Waals surface area contributed by atoms with Crippen LogP contribution in [0.2, 0.25) is 5.02 Å². The van der Waals surface area contributed by atoms with Crippen LogP contribution in [0.3, 0.4) is 0 Å². The lowest BCUT2D eigenvalue weighted by Gasteiger charge is -2.16. The van der Waals surface area contributed by atoms with E-state index in [-0.39, 0.29) is 18.1 Å². The molecule has 0 aliphatic rings. The average molecular weight is 287 g/mol. The van der Waals surface area contributed by atoms with Crippen molar-refractivity contribution in [3.05, 3.63) is 38.9 Å². The first-order valence-corrected chi connectivity index (χ1v) is 6.00. The number of nitro benzene ring substituents is 1. The highest BCUT2D eigenvalue weighted by Crippen LogP contribution is 2.23. The Morgan fingerprint density at radius 1 is 1.53 bits per heavy atom. The maximum absolute atomic E-state index is 11.0. The van der Waals surface area contributed by atoms with E-state index >= 15 is 0 Å². The number of nitro groups is 1. The number of carbonyl (C=O) groups is 1. The van der Waals surface area contributed by atoms with Gasteiger partial charge < -0.3 is 9.64 Å². The second kappa shape index (κ2) is 7.06. The van der Waals surface area contributed by atoms with Gasteiger partial charge in [0.1, 0.15) is 0 Å². The van der Waals surface area contributed by atoms with E-state index in [1.165, 1.54) is 19.2 Å². The summed E-state index contributed by atoms with van der Waals surface area (Å²) in [4.78, 5) is 23.0. The van der Waals surface area contributed by atoms with Gasteiger partial charge in [0.2, 0.25) is 0 Å². The molecule has 0 bridgehead atoms. The van der Waals surface area contributed by atoms with E-state index in [1.807, 2.05) is 11.9 Å². The molecule has 0 saturated carbocycles. The molecule has 1 aromatic rings. The molecule has 0 aliphatic carbocycles. The van der Waals surface area contributed by atoms with E-state index in [9.17, 15) is 14.9 Å². The fourth-order valence-electron chi connectivity index (χ4n) is 1.53. The number of hydrogen-bond acceptors (Lipinski definition) is 5. The quantitative estimate of drug-likeness (QED) is 0.455. The van der Waals surface area contributed by atoms with Gasteiger partial charge >= 0.3 is 5.97 Å². The Morgan fingerprint density at radius 3 is 2.74 bits per heavy atom. The fraction of sp³-hybridized carbons (Fsp3) is 0.417. The van der Waals surface area contributed by atoms with Gasteiger partial charge in [-0.25, -0.2) is 0 Å². The third-order valence-electron chi connectivity index (χ3n) is 2.61. The highest BCUT2D eigenvalue weighted by Gasteiger charge is 2.11. The molecule has 0 heterocycles. The minimum absolute atomic E-state index is 0.0361. The summed E-state index contributed by atoms with van der Waals surface area (Å²) in [6.07, 6.45) is 0.289. The summed E-state index contributed by atoms with van der Waals surface area (Å²) in [6.45, 7) is 1.04. The Labute approximate surface area is 116 Å². The van der Waals surface area contributed by atoms with Gasteiger partial charge in [0.25, 0.3) is 5.69 Å². The van der Waals surface area contributed by atoms with Crippen molar-refractivity contribution in [1.82, 2.24) is 4.90 Å². The smallest absolute Gasteiger partial charge is 0.306 e. The average Bonchev–Trinajstić information content (AvgIpc) is 2.38. The topological polar surface area (TPSA) is 72.7 Å². The van der Waals surface area contributed by atoms with Crippen LogP contribution >= 0.6 is 11.6 Å². The Morgan fingerprint density at radius 2 is 2.21 bits per heavy atom. The van der Waals surface area contributed by atoms with Gasteiger partial charge in [0, 0.05) is 25.2 Å². The predicted molar refractivity (Wildman–Crippen MR) is 71.1 cm³/mol. The summed E-state index contributed by atoms with van der Waals surface area (Å²) in [7, 11) is 3.18. The third kappa shape index (κ3) is 4.84. The van der Waals surface area contributed by atoms with Gasteiger partial charge in [0.05, 0.1) is 23.5 Å². The van der Waals surface area contributed by atoms with Crippen LogP contribution in [0.5, 0.6) is 0 Å². The molecule has 6 nitrogen and oxygen atoms in total. The Hall–Kier alpha value is -1.66. The number of methoxy groups -OCH3 is 1. The number of esters is 1. The van der Waals surface area contributed by atoms with Crippen LogP contribution in [0.4, 0.5) is 5.69 Å². The molecule has 0 spiro atoms. The Bertz CT molecular complexity index is 479. The summed E-state index contributed by atoms with van der Waals surface area (Å²) < 4.78 is 4.55. The minimum Gasteiger partial charge on any atom is -0.469 e. The van der Waals surface area contributed by atoms with Crippen molar-refractivity contribution in [2.75, 3.05) is 20.7 Å². The number of rotatable bonds is 6. The molecule has 1 rings (SSSR count). The number of non-ortho nitro benzene ring substituents is 1. The molecular formula is C12H15ClN2O4. The molecule has 7 heteroatoms. The summed E-state index contributed by atoms with van der Waals surface area (Å²) in [5, 5.41) is 10.9. The molecule has 104 valence electrons. The number of halogens is 1. The van der Waals surface area contributed by atoms with Crippen molar-refractivity contribution >= 4 is 23.3 Å². The first kappa shape index (κ1) is 15.4. The molecule has 0 atom stereocenters. The van der Waals surface area contributed by atoms with E-state index in [2.05, 4.69) is 4.74 Å². The van der Waals surface area contributed by atoms with Gasteiger partial charge in [-0.15, -0.1) is 0 Å². The Balaban J connectivity index is 2.62. The molecule has 0 aromatic heterocycles. The van der Waals surface area contributed by atoms with Crippen LogP contribution in [0.25, 0.3) is 0 Å². The zero-order valence-corrected chi connectivity index (χ0v) is 11.5. The SMILES string of the molecule is COC(=O)CCN(C)Cc1ccc([N+](=O)[O-])cc1Cl. The van der Waals surface area contributed by atoms with Crippen molar-refractivity contribution in [3.8, 4) is 0 Å². The predicted octanol–water partition coefficient (Wildman–Crippen LogP) is 2.24. The van der Waals surface area contributed by atoms with Crippen LogP contribution < -0.4 is 0 Å². The zero-order valence-electron chi connectivity index (χ0n) is 10.8. The zero-order chi connectivity index (χ0) is 14.4. The maximum Gasteiger partial charge on any atom is 0.306 e. The van der Waals surface area contributed by atoms with Gasteiger partial charge in [0.15, 0.2) is 0 Å². The lowest BCUT2D eigenvalue weighted by atomic mass is 10.2. The van der Waals surface area contributed by atoms with Gasteiger partial charge in [-0.1, -0.05) is 11.6 Å². The number of nitrogens with zero attached hydrogens (tertiary/aromatic N) is 2. The molecule has 0 N–H and O–H groups in total. The molecule has 0 fully saturated rings. The van der Waals surface area contributed by atoms with Crippen LogP contribution in [-0.4, -0.2) is 36.5 Å². The summed E-state index contributed by atoms with van der Waals surface area (Å²) in [5.41, 5.74) is 0.741. The summed E-state index contributed by atoms with van der Waals surface area (Å²) >= 11 is 5.98. The van der Waals surface area contributed by atoms with Crippen LogP contribution in [0.1, 0.15) is 12.0 Å². The Kier molecular flexibility index (Phi) is 5.72. The molecular weight excluding hydrogens is 272 g/mol. The van der Waals surface area contributed by atoms with Crippen LogP contribution in [0.15, 0.2) is 18.2 Å². The summed E-state index contributed by atoms with van der Waals surface area (Å²) in [5.74, 6) is -0.276. The molecule has 0 saturated heterocycles. The second-order valence-corrected chi connectivity index (χ2v) is 4.50. The van der Waals surface area contributed by atoms with Gasteiger partial charge in [-0.3, -0.25) is 14.9 Å². The van der Waals surface area contributed by atoms with Crippen molar-refractivity contribution in [2.45, 2.75) is 13.0 Å². The van der Waals surface area contributed by atoms with E-state index in [1.54, 1.807) is 6.07 Å². The van der Waals surface area contributed by atoms with Crippen molar-refractivity contribution in [1.29, 1.82) is 0 Å². The molecule has 1 aromatic carbocycles. The van der Waals surface area contributed by atoms with E-state index < -0.39 is 4.92 Å². The number of ether oxygens (including phenoxy) is 1. The van der Waals surface area contributed by atoms with Crippen molar-refractivity contribution in [2.24, 2.45) is 0 Å². The van der Waals surface area contributed by atoms with Crippen molar-refractivity contribution < 1.29 is 14.5 Å². The van der Waals surface area contributed by atoms with E-state index in [0.717, 1.165) is 5.56 Å². The van der Waals surface area contributed by atoms with Gasteiger partial charge in [-0.05, 0) is 18.7 Å². The van der Waals surface area contributed by atoms with E-state index in [0.29, 0.717) is 18.1 Å². The standard InChI is InChI=1S/C12H15ClN2O4/c1-14(6-5-12(16)19-2)8-9-3-4-10(15(17)18)7-11(9)13/h3-4,7H,5-6,8H2,1-2H3. The first-order chi connectivity index (χ1) is 8.93. The summed E-state index contributed by atoms with van der Waals surface area (Å²) in [6, 6.07) is 4.36. The largest absolute Gasteiger partial charge is 0.469 e. The number of hydrogen-bond donors (Lipinski definition) is 0. The lowest BCUT2D eigenvalue weighted by molar-refractivity contribution is -0.384. The second-order valence-electron chi connectivity index (χ2n) is 4.10. The van der Waals surface area contributed by atoms with Crippen LogP contribution in [-0.2, 0) is 16.1 Å². The first-order valence-electron chi connectivity index (χ1n) is 5.62. The monoisotopic (exact) mass is 286 g/mol. The number of carbonyl (C=O) groups excluding carboxylic acids is 1. The highest BCUT2D eigenvalue weighted by atomic mass is 35.5. The lowest BCUT2D eigenvalue weighted by Crippen LogP contribution is -2.22. The fourth-order valence-corrected chi connectivity index (χ4v) is 1.77. The highest BCUT2D eigenvalue weighted by molar-refractivity contribution is 6.31. The molecule has 0 unspecified atom stereocenters. The minimum atomic E-state index is -0.489. The third-order valence-corrected chi connectivity index (χ3v) is 2.96. The molecule has 0 amide bonds. The van der Waals surface area contributed by atoms with Gasteiger partial charge in [-0.2, -0.15) is 0 Å². The number of benzene rings is 1. The normalized spacial score (nSPS) is 10.5.